The summed E-state index contributed by atoms with van der Waals surface area (Å²) < 4.78 is 11.2. The van der Waals surface area contributed by atoms with E-state index >= 15 is 0 Å². The SMILES string of the molecule is CC1OCC(N(C)C)COC1C. The number of ether oxygens (including phenoxy) is 2. The molecule has 0 radical (unpaired) electrons. The fourth-order valence-corrected chi connectivity index (χ4v) is 1.14. The third-order valence-electron chi connectivity index (χ3n) is 2.49. The highest BCUT2D eigenvalue weighted by molar-refractivity contribution is 4.72. The van der Waals surface area contributed by atoms with Gasteiger partial charge in [0.15, 0.2) is 0 Å². The van der Waals surface area contributed by atoms with Gasteiger partial charge in [0.1, 0.15) is 0 Å². The molecule has 0 amide bonds. The lowest BCUT2D eigenvalue weighted by atomic mass is 10.3. The Balaban J connectivity index is 2.44. The van der Waals surface area contributed by atoms with Crippen molar-refractivity contribution in [3.8, 4) is 0 Å². The molecule has 3 heteroatoms. The van der Waals surface area contributed by atoms with Gasteiger partial charge in [-0.1, -0.05) is 0 Å². The topological polar surface area (TPSA) is 21.7 Å². The highest BCUT2D eigenvalue weighted by atomic mass is 16.6. The monoisotopic (exact) mass is 173 g/mol. The third kappa shape index (κ3) is 2.44. The van der Waals surface area contributed by atoms with Gasteiger partial charge in [-0.2, -0.15) is 0 Å². The quantitative estimate of drug-likeness (QED) is 0.584. The Morgan fingerprint density at radius 3 is 1.75 bits per heavy atom. The Kier molecular flexibility index (Phi) is 3.50. The third-order valence-corrected chi connectivity index (χ3v) is 2.49. The summed E-state index contributed by atoms with van der Waals surface area (Å²) in [5.74, 6) is 0. The van der Waals surface area contributed by atoms with Crippen LogP contribution in [0.3, 0.4) is 0 Å². The maximum Gasteiger partial charge on any atom is 0.0806 e. The molecule has 0 aromatic carbocycles. The van der Waals surface area contributed by atoms with Crippen LogP contribution in [0, 0.1) is 0 Å². The first-order valence-electron chi connectivity index (χ1n) is 4.51. The minimum absolute atomic E-state index is 0.218. The fraction of sp³-hybridized carbons (Fsp3) is 1.00. The van der Waals surface area contributed by atoms with E-state index in [4.69, 9.17) is 9.47 Å². The Bertz CT molecular complexity index is 126. The molecule has 1 rings (SSSR count). The molecule has 2 atom stereocenters. The van der Waals surface area contributed by atoms with E-state index in [0.29, 0.717) is 6.04 Å². The van der Waals surface area contributed by atoms with Gasteiger partial charge in [-0.05, 0) is 27.9 Å². The zero-order valence-electron chi connectivity index (χ0n) is 8.41. The van der Waals surface area contributed by atoms with Crippen LogP contribution in [0.4, 0.5) is 0 Å². The van der Waals surface area contributed by atoms with Gasteiger partial charge in [0, 0.05) is 0 Å². The number of hydrogen-bond acceptors (Lipinski definition) is 3. The van der Waals surface area contributed by atoms with Gasteiger partial charge >= 0.3 is 0 Å². The van der Waals surface area contributed by atoms with Gasteiger partial charge in [0.05, 0.1) is 31.5 Å². The first-order chi connectivity index (χ1) is 5.61. The Hall–Kier alpha value is -0.120. The molecule has 1 aliphatic rings. The minimum Gasteiger partial charge on any atom is -0.374 e. The number of rotatable bonds is 1. The van der Waals surface area contributed by atoms with Gasteiger partial charge in [-0.3, -0.25) is 0 Å². The first kappa shape index (κ1) is 9.96. The molecule has 2 unspecified atom stereocenters. The summed E-state index contributed by atoms with van der Waals surface area (Å²) in [5, 5.41) is 0. The predicted octanol–water partition coefficient (Wildman–Crippen LogP) is 0.740. The molecule has 72 valence electrons. The fourth-order valence-electron chi connectivity index (χ4n) is 1.14. The van der Waals surface area contributed by atoms with Crippen molar-refractivity contribution in [2.45, 2.75) is 32.1 Å². The number of likely N-dealkylation sites (N-methyl/N-ethyl adjacent to an activating group) is 1. The van der Waals surface area contributed by atoms with Crippen LogP contribution >= 0.6 is 0 Å². The average molecular weight is 173 g/mol. The van der Waals surface area contributed by atoms with Gasteiger partial charge in [0.25, 0.3) is 0 Å². The molecule has 1 fully saturated rings. The van der Waals surface area contributed by atoms with E-state index in [1.807, 2.05) is 0 Å². The molecule has 0 aromatic heterocycles. The Morgan fingerprint density at radius 2 is 1.42 bits per heavy atom. The maximum atomic E-state index is 5.62. The molecular formula is C9H19NO2. The van der Waals surface area contributed by atoms with E-state index in [9.17, 15) is 0 Å². The average Bonchev–Trinajstić information content (AvgIpc) is 2.16. The molecule has 0 N–H and O–H groups in total. The van der Waals surface area contributed by atoms with Crippen LogP contribution in [-0.2, 0) is 9.47 Å². The second kappa shape index (κ2) is 4.21. The lowest BCUT2D eigenvalue weighted by Crippen LogP contribution is -2.35. The van der Waals surface area contributed by atoms with Crippen LogP contribution in [0.5, 0.6) is 0 Å². The Morgan fingerprint density at radius 1 is 1.00 bits per heavy atom. The van der Waals surface area contributed by atoms with Crippen molar-refractivity contribution >= 4 is 0 Å². The highest BCUT2D eigenvalue weighted by Crippen LogP contribution is 2.11. The van der Waals surface area contributed by atoms with Crippen LogP contribution in [-0.4, -0.2) is 50.5 Å². The summed E-state index contributed by atoms with van der Waals surface area (Å²) in [5.41, 5.74) is 0. The van der Waals surface area contributed by atoms with E-state index < -0.39 is 0 Å². The predicted molar refractivity (Wildman–Crippen MR) is 48.3 cm³/mol. The molecule has 0 saturated carbocycles. The lowest BCUT2D eigenvalue weighted by molar-refractivity contribution is -0.0157. The van der Waals surface area contributed by atoms with E-state index in [1.165, 1.54) is 0 Å². The van der Waals surface area contributed by atoms with Crippen LogP contribution < -0.4 is 0 Å². The smallest absolute Gasteiger partial charge is 0.0806 e. The zero-order valence-corrected chi connectivity index (χ0v) is 8.41. The first-order valence-corrected chi connectivity index (χ1v) is 4.51. The molecule has 0 aromatic rings. The van der Waals surface area contributed by atoms with E-state index in [1.54, 1.807) is 0 Å². The Labute approximate surface area is 74.6 Å². The standard InChI is InChI=1S/C9H19NO2/c1-7-8(2)12-6-9(5-11-7)10(3)4/h7-9H,5-6H2,1-4H3. The van der Waals surface area contributed by atoms with Crippen molar-refractivity contribution in [2.24, 2.45) is 0 Å². The van der Waals surface area contributed by atoms with Gasteiger partial charge in [-0.15, -0.1) is 0 Å². The van der Waals surface area contributed by atoms with Crippen LogP contribution in [0.15, 0.2) is 0 Å². The molecular weight excluding hydrogens is 154 g/mol. The van der Waals surface area contributed by atoms with Gasteiger partial charge in [-0.25, -0.2) is 0 Å². The van der Waals surface area contributed by atoms with Crippen molar-refractivity contribution in [3.63, 3.8) is 0 Å². The van der Waals surface area contributed by atoms with E-state index in [0.717, 1.165) is 13.2 Å². The summed E-state index contributed by atoms with van der Waals surface area (Å²) >= 11 is 0. The van der Waals surface area contributed by atoms with Crippen molar-refractivity contribution in [3.05, 3.63) is 0 Å². The summed E-state index contributed by atoms with van der Waals surface area (Å²) in [6.45, 7) is 5.67. The van der Waals surface area contributed by atoms with Crippen LogP contribution in [0.25, 0.3) is 0 Å². The van der Waals surface area contributed by atoms with Crippen molar-refractivity contribution in [1.29, 1.82) is 0 Å². The normalized spacial score (nSPS) is 38.2. The zero-order chi connectivity index (χ0) is 9.14. The summed E-state index contributed by atoms with van der Waals surface area (Å²) in [6, 6.07) is 0.400. The van der Waals surface area contributed by atoms with E-state index in [-0.39, 0.29) is 12.2 Å². The number of nitrogens with zero attached hydrogens (tertiary/aromatic N) is 1. The molecule has 0 aliphatic carbocycles. The molecule has 12 heavy (non-hydrogen) atoms. The van der Waals surface area contributed by atoms with Crippen LogP contribution in [0.1, 0.15) is 13.8 Å². The molecule has 3 nitrogen and oxygen atoms in total. The molecule has 0 spiro atoms. The summed E-state index contributed by atoms with van der Waals surface area (Å²) in [7, 11) is 4.11. The molecule has 1 aliphatic heterocycles. The molecule has 1 saturated heterocycles. The summed E-state index contributed by atoms with van der Waals surface area (Å²) in [6.07, 6.45) is 0.435. The molecule has 0 bridgehead atoms. The number of hydrogen-bond donors (Lipinski definition) is 0. The van der Waals surface area contributed by atoms with Crippen molar-refractivity contribution < 1.29 is 9.47 Å². The largest absolute Gasteiger partial charge is 0.374 e. The maximum absolute atomic E-state index is 5.62. The van der Waals surface area contributed by atoms with Crippen molar-refractivity contribution in [2.75, 3.05) is 27.3 Å². The van der Waals surface area contributed by atoms with Crippen molar-refractivity contribution in [1.82, 2.24) is 4.90 Å². The highest BCUT2D eigenvalue weighted by Gasteiger charge is 2.23. The van der Waals surface area contributed by atoms with E-state index in [2.05, 4.69) is 32.8 Å². The minimum atomic E-state index is 0.218. The second-order valence-corrected chi connectivity index (χ2v) is 3.69. The summed E-state index contributed by atoms with van der Waals surface area (Å²) in [4.78, 5) is 2.14. The lowest BCUT2D eigenvalue weighted by Gasteiger charge is -2.21. The molecule has 1 heterocycles. The second-order valence-electron chi connectivity index (χ2n) is 3.69. The van der Waals surface area contributed by atoms with Gasteiger partial charge < -0.3 is 14.4 Å². The van der Waals surface area contributed by atoms with Gasteiger partial charge in [0.2, 0.25) is 0 Å². The van der Waals surface area contributed by atoms with Crippen LogP contribution in [0.2, 0.25) is 0 Å².